The summed E-state index contributed by atoms with van der Waals surface area (Å²) in [6.07, 6.45) is 6.82. The number of carbonyl (C=O) groups is 1. The lowest BCUT2D eigenvalue weighted by Gasteiger charge is -2.30. The number of likely N-dealkylation sites (tertiary alicyclic amines) is 1. The number of nitrogens with zero attached hydrogens (tertiary/aromatic N) is 3. The zero-order valence-corrected chi connectivity index (χ0v) is 14.7. The Labute approximate surface area is 153 Å². The second kappa shape index (κ2) is 9.42. The van der Waals surface area contributed by atoms with E-state index in [2.05, 4.69) is 15.3 Å². The maximum atomic E-state index is 12.6. The molecule has 6 nitrogen and oxygen atoms in total. The molecule has 1 amide bonds. The molecule has 1 aromatic heterocycles. The van der Waals surface area contributed by atoms with Gasteiger partial charge < -0.3 is 16.0 Å². The lowest BCUT2D eigenvalue weighted by Crippen LogP contribution is -2.45. The molecule has 24 heavy (non-hydrogen) atoms. The Morgan fingerprint density at radius 2 is 2.12 bits per heavy atom. The molecule has 1 aromatic carbocycles. The van der Waals surface area contributed by atoms with Gasteiger partial charge in [0.1, 0.15) is 5.82 Å². The number of hydrogen-bond donors (Lipinski definition) is 2. The van der Waals surface area contributed by atoms with Gasteiger partial charge in [-0.3, -0.25) is 9.78 Å². The minimum Gasteiger partial charge on any atom is -0.339 e. The van der Waals surface area contributed by atoms with Crippen LogP contribution in [0.2, 0.25) is 0 Å². The summed E-state index contributed by atoms with van der Waals surface area (Å²) in [6.45, 7) is 1.40. The number of amides is 1. The minimum atomic E-state index is 0. The van der Waals surface area contributed by atoms with Crippen LogP contribution in [-0.4, -0.2) is 39.9 Å². The summed E-state index contributed by atoms with van der Waals surface area (Å²) >= 11 is 0. The van der Waals surface area contributed by atoms with Gasteiger partial charge in [0.05, 0.1) is 6.20 Å². The van der Waals surface area contributed by atoms with Crippen molar-refractivity contribution in [3.63, 3.8) is 0 Å². The molecule has 0 aliphatic carbocycles. The fraction of sp³-hybridized carbons (Fsp3) is 0.312. The summed E-state index contributed by atoms with van der Waals surface area (Å²) in [6, 6.07) is 7.49. The van der Waals surface area contributed by atoms with Crippen LogP contribution in [0.4, 0.5) is 11.5 Å². The summed E-state index contributed by atoms with van der Waals surface area (Å²) in [5.74, 6) is 0.671. The Bertz CT molecular complexity index is 656. The molecule has 1 saturated heterocycles. The van der Waals surface area contributed by atoms with Crippen LogP contribution in [0.25, 0.3) is 0 Å². The lowest BCUT2D eigenvalue weighted by molar-refractivity contribution is 0.0709. The highest BCUT2D eigenvalue weighted by Crippen LogP contribution is 2.18. The Hall–Kier alpha value is -1.89. The number of nitrogens with one attached hydrogen (secondary N) is 1. The smallest absolute Gasteiger partial charge is 0.253 e. The second-order valence-corrected chi connectivity index (χ2v) is 5.45. The molecule has 0 bridgehead atoms. The van der Waals surface area contributed by atoms with E-state index in [-0.39, 0.29) is 36.8 Å². The number of benzene rings is 1. The number of anilines is 2. The fourth-order valence-electron chi connectivity index (χ4n) is 2.62. The van der Waals surface area contributed by atoms with Crippen LogP contribution in [0.3, 0.4) is 0 Å². The summed E-state index contributed by atoms with van der Waals surface area (Å²) in [4.78, 5) is 22.6. The van der Waals surface area contributed by atoms with Crippen molar-refractivity contribution >= 4 is 42.2 Å². The van der Waals surface area contributed by atoms with E-state index in [1.807, 2.05) is 29.2 Å². The maximum absolute atomic E-state index is 12.6. The van der Waals surface area contributed by atoms with E-state index in [1.54, 1.807) is 18.6 Å². The summed E-state index contributed by atoms with van der Waals surface area (Å²) in [7, 11) is 0. The molecular weight excluding hydrogens is 349 g/mol. The van der Waals surface area contributed by atoms with Crippen molar-refractivity contribution in [2.24, 2.45) is 5.73 Å². The fourth-order valence-corrected chi connectivity index (χ4v) is 2.62. The summed E-state index contributed by atoms with van der Waals surface area (Å²) < 4.78 is 0. The van der Waals surface area contributed by atoms with Gasteiger partial charge in [-0.15, -0.1) is 24.8 Å². The van der Waals surface area contributed by atoms with Crippen molar-refractivity contribution in [3.05, 3.63) is 48.4 Å². The Balaban J connectivity index is 0.00000144. The van der Waals surface area contributed by atoms with E-state index in [9.17, 15) is 4.79 Å². The van der Waals surface area contributed by atoms with Gasteiger partial charge >= 0.3 is 0 Å². The molecule has 2 aromatic rings. The Kier molecular flexibility index (Phi) is 7.91. The molecule has 3 N–H and O–H groups in total. The topological polar surface area (TPSA) is 84.1 Å². The SMILES string of the molecule is Cl.Cl.NC1CCCN(C(=O)c2cccc(Nc3cnccn3)c2)C1. The molecule has 3 rings (SSSR count). The van der Waals surface area contributed by atoms with Gasteiger partial charge in [-0.25, -0.2) is 4.98 Å². The predicted molar refractivity (Wildman–Crippen MR) is 99.4 cm³/mol. The van der Waals surface area contributed by atoms with Crippen LogP contribution in [0.15, 0.2) is 42.9 Å². The molecule has 2 heterocycles. The molecular formula is C16H21Cl2N5O. The van der Waals surface area contributed by atoms with Crippen molar-refractivity contribution < 1.29 is 4.79 Å². The first kappa shape index (κ1) is 20.2. The highest BCUT2D eigenvalue weighted by molar-refractivity contribution is 5.95. The largest absolute Gasteiger partial charge is 0.339 e. The van der Waals surface area contributed by atoms with Crippen LogP contribution in [0.5, 0.6) is 0 Å². The molecule has 1 aliphatic heterocycles. The highest BCUT2D eigenvalue weighted by atomic mass is 35.5. The van der Waals surface area contributed by atoms with Crippen LogP contribution < -0.4 is 11.1 Å². The first-order valence-corrected chi connectivity index (χ1v) is 7.40. The molecule has 0 spiro atoms. The quantitative estimate of drug-likeness (QED) is 0.868. The lowest BCUT2D eigenvalue weighted by atomic mass is 10.1. The molecule has 0 radical (unpaired) electrons. The van der Waals surface area contributed by atoms with Crippen LogP contribution in [0, 0.1) is 0 Å². The second-order valence-electron chi connectivity index (χ2n) is 5.45. The van der Waals surface area contributed by atoms with Crippen molar-refractivity contribution in [1.82, 2.24) is 14.9 Å². The van der Waals surface area contributed by atoms with E-state index in [4.69, 9.17) is 5.73 Å². The van der Waals surface area contributed by atoms with Gasteiger partial charge in [-0.05, 0) is 31.0 Å². The summed E-state index contributed by atoms with van der Waals surface area (Å²) in [5, 5.41) is 3.14. The highest BCUT2D eigenvalue weighted by Gasteiger charge is 2.22. The number of hydrogen-bond acceptors (Lipinski definition) is 5. The average molecular weight is 370 g/mol. The van der Waals surface area contributed by atoms with Gasteiger partial charge in [0, 0.05) is 42.8 Å². The van der Waals surface area contributed by atoms with Crippen molar-refractivity contribution in [2.75, 3.05) is 18.4 Å². The number of halogens is 2. The molecule has 1 atom stereocenters. The Morgan fingerprint density at radius 3 is 2.83 bits per heavy atom. The molecule has 0 saturated carbocycles. The molecule has 1 fully saturated rings. The zero-order chi connectivity index (χ0) is 15.4. The number of nitrogens with two attached hydrogens (primary N) is 1. The normalized spacial score (nSPS) is 16.5. The van der Waals surface area contributed by atoms with Gasteiger partial charge in [-0.2, -0.15) is 0 Å². The predicted octanol–water partition coefficient (Wildman–Crippen LogP) is 2.63. The molecule has 1 aliphatic rings. The van der Waals surface area contributed by atoms with E-state index in [1.165, 1.54) is 0 Å². The van der Waals surface area contributed by atoms with Crippen molar-refractivity contribution in [1.29, 1.82) is 0 Å². The number of piperidine rings is 1. The first-order valence-electron chi connectivity index (χ1n) is 7.40. The standard InChI is InChI=1S/C16H19N5O.2ClH/c17-13-4-2-8-21(11-13)16(22)12-3-1-5-14(9-12)20-15-10-18-6-7-19-15;;/h1,3,5-7,9-10,13H,2,4,8,11,17H2,(H,19,20);2*1H. The van der Waals surface area contributed by atoms with Gasteiger partial charge in [0.15, 0.2) is 0 Å². The van der Waals surface area contributed by atoms with Crippen LogP contribution in [-0.2, 0) is 0 Å². The zero-order valence-electron chi connectivity index (χ0n) is 13.1. The maximum Gasteiger partial charge on any atom is 0.253 e. The van der Waals surface area contributed by atoms with E-state index in [0.29, 0.717) is 17.9 Å². The van der Waals surface area contributed by atoms with Crippen molar-refractivity contribution in [3.8, 4) is 0 Å². The third-order valence-corrected chi connectivity index (χ3v) is 3.69. The third kappa shape index (κ3) is 5.06. The van der Waals surface area contributed by atoms with Gasteiger partial charge in [0.2, 0.25) is 0 Å². The number of carbonyl (C=O) groups excluding carboxylic acids is 1. The Morgan fingerprint density at radius 1 is 1.29 bits per heavy atom. The van der Waals surface area contributed by atoms with E-state index < -0.39 is 0 Å². The monoisotopic (exact) mass is 369 g/mol. The van der Waals surface area contributed by atoms with Crippen molar-refractivity contribution in [2.45, 2.75) is 18.9 Å². The molecule has 130 valence electrons. The minimum absolute atomic E-state index is 0. The van der Waals surface area contributed by atoms with Gasteiger partial charge in [-0.1, -0.05) is 6.07 Å². The number of aromatic nitrogens is 2. The number of rotatable bonds is 3. The van der Waals surface area contributed by atoms with Gasteiger partial charge in [0.25, 0.3) is 5.91 Å². The molecule has 8 heteroatoms. The average Bonchev–Trinajstić information content (AvgIpc) is 2.55. The third-order valence-electron chi connectivity index (χ3n) is 3.69. The first-order chi connectivity index (χ1) is 10.7. The summed E-state index contributed by atoms with van der Waals surface area (Å²) in [5.41, 5.74) is 7.42. The molecule has 1 unspecified atom stereocenters. The van der Waals surface area contributed by atoms with Crippen LogP contribution >= 0.6 is 24.8 Å². The van der Waals surface area contributed by atoms with E-state index >= 15 is 0 Å². The van der Waals surface area contributed by atoms with E-state index in [0.717, 1.165) is 25.1 Å². The van der Waals surface area contributed by atoms with Crippen LogP contribution in [0.1, 0.15) is 23.2 Å².